The Morgan fingerprint density at radius 1 is 1.00 bits per heavy atom. The summed E-state index contributed by atoms with van der Waals surface area (Å²) < 4.78 is 11.7. The van der Waals surface area contributed by atoms with E-state index in [2.05, 4.69) is 10.3 Å². The van der Waals surface area contributed by atoms with Crippen LogP contribution in [-0.2, 0) is 9.53 Å². The highest BCUT2D eigenvalue weighted by Gasteiger charge is 2.16. The van der Waals surface area contributed by atoms with Crippen molar-refractivity contribution in [3.8, 4) is 15.6 Å². The summed E-state index contributed by atoms with van der Waals surface area (Å²) in [7, 11) is 0. The normalized spacial score (nSPS) is 10.7. The Kier molecular flexibility index (Phi) is 6.06. The van der Waals surface area contributed by atoms with E-state index < -0.39 is 11.9 Å². The first-order chi connectivity index (χ1) is 14.6. The van der Waals surface area contributed by atoms with Crippen LogP contribution in [0.15, 0.2) is 60.7 Å². The van der Waals surface area contributed by atoms with Gasteiger partial charge in [-0.3, -0.25) is 4.79 Å². The molecule has 0 saturated carbocycles. The van der Waals surface area contributed by atoms with Gasteiger partial charge in [0.2, 0.25) is 0 Å². The number of amides is 1. The average molecular weight is 439 g/mol. The number of fused-ring (bicyclic) bond motifs is 1. The summed E-state index contributed by atoms with van der Waals surface area (Å²) in [6.45, 7) is 1.97. The maximum Gasteiger partial charge on any atom is 0.348 e. The van der Waals surface area contributed by atoms with Gasteiger partial charge >= 0.3 is 5.97 Å². The molecular weight excluding hydrogens is 420 g/mol. The van der Waals surface area contributed by atoms with Gasteiger partial charge in [0, 0.05) is 0 Å². The molecule has 0 atom stereocenters. The number of thiophene rings is 1. The lowest BCUT2D eigenvalue weighted by molar-refractivity contribution is -0.119. The largest absolute Gasteiger partial charge is 0.492 e. The molecule has 0 bridgehead atoms. The Bertz CT molecular complexity index is 1170. The summed E-state index contributed by atoms with van der Waals surface area (Å²) in [5.74, 6) is -0.405. The monoisotopic (exact) mass is 438 g/mol. The summed E-state index contributed by atoms with van der Waals surface area (Å²) in [5, 5.41) is 3.55. The number of esters is 1. The van der Waals surface area contributed by atoms with Gasteiger partial charge in [-0.1, -0.05) is 24.3 Å². The minimum atomic E-state index is -0.541. The first-order valence-corrected chi connectivity index (χ1v) is 10.9. The molecule has 0 unspecified atom stereocenters. The van der Waals surface area contributed by atoms with Crippen LogP contribution in [0, 0.1) is 0 Å². The summed E-state index contributed by atoms with van der Waals surface area (Å²) in [6, 6.07) is 18.5. The molecule has 6 nitrogen and oxygen atoms in total. The van der Waals surface area contributed by atoms with E-state index in [0.29, 0.717) is 22.9 Å². The molecule has 0 saturated heterocycles. The first-order valence-electron chi connectivity index (χ1n) is 9.28. The van der Waals surface area contributed by atoms with Gasteiger partial charge in [-0.05, 0) is 43.3 Å². The molecule has 2 heterocycles. The fourth-order valence-corrected chi connectivity index (χ4v) is 4.70. The number of anilines is 1. The number of nitrogens with zero attached hydrogens (tertiary/aromatic N) is 1. The van der Waals surface area contributed by atoms with Crippen LogP contribution in [0.2, 0.25) is 0 Å². The Morgan fingerprint density at radius 2 is 1.80 bits per heavy atom. The number of aromatic nitrogens is 1. The second-order valence-corrected chi connectivity index (χ2v) is 8.32. The molecule has 30 heavy (non-hydrogen) atoms. The maximum absolute atomic E-state index is 12.4. The van der Waals surface area contributed by atoms with Gasteiger partial charge in [-0.15, -0.1) is 22.7 Å². The molecule has 152 valence electrons. The van der Waals surface area contributed by atoms with Crippen molar-refractivity contribution in [2.75, 3.05) is 18.5 Å². The lowest BCUT2D eigenvalue weighted by Gasteiger charge is -2.11. The van der Waals surface area contributed by atoms with Gasteiger partial charge in [0.05, 0.1) is 27.4 Å². The Morgan fingerprint density at radius 3 is 2.63 bits per heavy atom. The summed E-state index contributed by atoms with van der Waals surface area (Å²) in [6.07, 6.45) is 0. The van der Waals surface area contributed by atoms with E-state index in [-0.39, 0.29) is 6.61 Å². The molecule has 1 amide bonds. The molecule has 0 aliphatic carbocycles. The predicted molar refractivity (Wildman–Crippen MR) is 119 cm³/mol. The molecule has 0 aliphatic rings. The molecule has 0 fully saturated rings. The van der Waals surface area contributed by atoms with Crippen LogP contribution >= 0.6 is 22.7 Å². The highest BCUT2D eigenvalue weighted by Crippen LogP contribution is 2.34. The summed E-state index contributed by atoms with van der Waals surface area (Å²) in [5.41, 5.74) is 1.47. The van der Waals surface area contributed by atoms with Crippen molar-refractivity contribution in [3.63, 3.8) is 0 Å². The minimum Gasteiger partial charge on any atom is -0.492 e. The highest BCUT2D eigenvalue weighted by molar-refractivity contribution is 7.26. The number of rotatable bonds is 7. The van der Waals surface area contributed by atoms with Crippen molar-refractivity contribution < 1.29 is 19.1 Å². The fraction of sp³-hybridized carbons (Fsp3) is 0.136. The van der Waals surface area contributed by atoms with E-state index >= 15 is 0 Å². The number of nitrogens with one attached hydrogen (secondary N) is 1. The number of hydrogen-bond donors (Lipinski definition) is 1. The van der Waals surface area contributed by atoms with Crippen molar-refractivity contribution in [1.82, 2.24) is 4.98 Å². The van der Waals surface area contributed by atoms with Gasteiger partial charge in [-0.2, -0.15) is 0 Å². The van der Waals surface area contributed by atoms with Crippen LogP contribution in [0.4, 0.5) is 5.69 Å². The van der Waals surface area contributed by atoms with Gasteiger partial charge in [-0.25, -0.2) is 9.78 Å². The first kappa shape index (κ1) is 20.1. The number of ether oxygens (including phenoxy) is 2. The number of para-hydroxylation sites is 3. The van der Waals surface area contributed by atoms with Crippen molar-refractivity contribution in [3.05, 3.63) is 65.5 Å². The standard InChI is InChI=1S/C22H18N2O4S2/c1-2-27-16-9-5-3-7-14(16)23-20(25)13-28-22(26)19-12-11-18(29-19)21-24-15-8-4-6-10-17(15)30-21/h3-12H,2,13H2,1H3,(H,23,25). The number of benzene rings is 2. The molecule has 0 aliphatic heterocycles. The average Bonchev–Trinajstić information content (AvgIpc) is 3.40. The summed E-state index contributed by atoms with van der Waals surface area (Å²) >= 11 is 2.87. The van der Waals surface area contributed by atoms with E-state index in [0.717, 1.165) is 20.1 Å². The Balaban J connectivity index is 1.37. The molecular formula is C22H18N2O4S2. The van der Waals surface area contributed by atoms with Crippen molar-refractivity contribution in [1.29, 1.82) is 0 Å². The van der Waals surface area contributed by atoms with Crippen molar-refractivity contribution in [2.45, 2.75) is 6.92 Å². The van der Waals surface area contributed by atoms with E-state index in [4.69, 9.17) is 9.47 Å². The lowest BCUT2D eigenvalue weighted by atomic mass is 10.3. The van der Waals surface area contributed by atoms with Crippen LogP contribution < -0.4 is 10.1 Å². The zero-order chi connectivity index (χ0) is 20.9. The maximum atomic E-state index is 12.4. The number of thiazole rings is 1. The van der Waals surface area contributed by atoms with Crippen LogP contribution in [-0.4, -0.2) is 30.1 Å². The Labute approximate surface area is 181 Å². The molecule has 2 aromatic carbocycles. The summed E-state index contributed by atoms with van der Waals surface area (Å²) in [4.78, 5) is 30.4. The predicted octanol–water partition coefficient (Wildman–Crippen LogP) is 5.22. The van der Waals surface area contributed by atoms with Gasteiger partial charge in [0.25, 0.3) is 5.91 Å². The van der Waals surface area contributed by atoms with Crippen LogP contribution in [0.1, 0.15) is 16.6 Å². The number of carbonyl (C=O) groups excluding carboxylic acids is 2. The van der Waals surface area contributed by atoms with Gasteiger partial charge in [0.1, 0.15) is 15.6 Å². The van der Waals surface area contributed by atoms with Crippen molar-refractivity contribution >= 4 is 50.5 Å². The minimum absolute atomic E-state index is 0.381. The highest BCUT2D eigenvalue weighted by atomic mass is 32.1. The molecule has 4 aromatic rings. The SMILES string of the molecule is CCOc1ccccc1NC(=O)COC(=O)c1ccc(-c2nc3ccccc3s2)s1. The lowest BCUT2D eigenvalue weighted by Crippen LogP contribution is -2.21. The second-order valence-electron chi connectivity index (χ2n) is 6.20. The van der Waals surface area contributed by atoms with E-state index in [1.165, 1.54) is 11.3 Å². The third-order valence-electron chi connectivity index (χ3n) is 4.11. The quantitative estimate of drug-likeness (QED) is 0.400. The number of carbonyl (C=O) groups is 2. The molecule has 2 aromatic heterocycles. The Hall–Kier alpha value is -3.23. The topological polar surface area (TPSA) is 77.5 Å². The van der Waals surface area contributed by atoms with E-state index in [9.17, 15) is 9.59 Å². The van der Waals surface area contributed by atoms with Crippen LogP contribution in [0.3, 0.4) is 0 Å². The van der Waals surface area contributed by atoms with E-state index in [1.54, 1.807) is 35.6 Å². The smallest absolute Gasteiger partial charge is 0.348 e. The third-order valence-corrected chi connectivity index (χ3v) is 6.38. The number of hydrogen-bond acceptors (Lipinski definition) is 7. The fourth-order valence-electron chi connectivity index (χ4n) is 2.78. The van der Waals surface area contributed by atoms with Gasteiger partial charge in [0.15, 0.2) is 6.61 Å². The molecule has 8 heteroatoms. The zero-order valence-electron chi connectivity index (χ0n) is 16.1. The molecule has 1 N–H and O–H groups in total. The zero-order valence-corrected chi connectivity index (χ0v) is 17.7. The van der Waals surface area contributed by atoms with Gasteiger partial charge < -0.3 is 14.8 Å². The second kappa shape index (κ2) is 9.06. The molecule has 0 radical (unpaired) electrons. The van der Waals surface area contributed by atoms with Crippen molar-refractivity contribution in [2.24, 2.45) is 0 Å². The van der Waals surface area contributed by atoms with Crippen LogP contribution in [0.5, 0.6) is 5.75 Å². The van der Waals surface area contributed by atoms with Crippen LogP contribution in [0.25, 0.3) is 20.1 Å². The third kappa shape index (κ3) is 4.50. The van der Waals surface area contributed by atoms with E-state index in [1.807, 2.05) is 43.3 Å². The molecule has 0 spiro atoms. The molecule has 4 rings (SSSR count).